The summed E-state index contributed by atoms with van der Waals surface area (Å²) in [7, 11) is 0. The van der Waals surface area contributed by atoms with Crippen LogP contribution in [0.3, 0.4) is 0 Å². The van der Waals surface area contributed by atoms with Crippen LogP contribution in [-0.4, -0.2) is 0 Å². The fourth-order valence-corrected chi connectivity index (χ4v) is 1.05. The van der Waals surface area contributed by atoms with E-state index in [1.807, 2.05) is 0 Å². The molecule has 0 aromatic rings. The standard InChI is InChI=1S/C11H15/c1-2-4-6-8-10-11-9-7-5-3-1/h1-6,9H,7-8,10-11H2. The van der Waals surface area contributed by atoms with Crippen molar-refractivity contribution in [2.45, 2.75) is 25.7 Å². The van der Waals surface area contributed by atoms with Crippen LogP contribution in [0, 0.1) is 6.42 Å². The molecule has 0 atom stereocenters. The van der Waals surface area contributed by atoms with Gasteiger partial charge in [-0.25, -0.2) is 0 Å². The van der Waals surface area contributed by atoms with Gasteiger partial charge in [0.05, 0.1) is 0 Å². The molecule has 0 spiro atoms. The predicted molar refractivity (Wildman–Crippen MR) is 50.2 cm³/mol. The normalized spacial score (nSPS) is 19.6. The van der Waals surface area contributed by atoms with E-state index in [4.69, 9.17) is 0 Å². The molecule has 0 nitrogen and oxygen atoms in total. The van der Waals surface area contributed by atoms with Gasteiger partial charge in [-0.15, -0.1) is 0 Å². The predicted octanol–water partition coefficient (Wildman–Crippen LogP) is 3.43. The summed E-state index contributed by atoms with van der Waals surface area (Å²) in [5, 5.41) is 0. The molecule has 0 saturated heterocycles. The summed E-state index contributed by atoms with van der Waals surface area (Å²) in [6.07, 6.45) is 20.0. The van der Waals surface area contributed by atoms with Gasteiger partial charge in [0.1, 0.15) is 0 Å². The van der Waals surface area contributed by atoms with Gasteiger partial charge < -0.3 is 0 Å². The lowest BCUT2D eigenvalue weighted by atomic mass is 10.1. The first-order valence-electron chi connectivity index (χ1n) is 4.30. The highest BCUT2D eigenvalue weighted by molar-refractivity contribution is 5.11. The molecule has 0 N–H and O–H groups in total. The molecule has 0 aromatic carbocycles. The maximum Gasteiger partial charge on any atom is -0.0316 e. The molecular weight excluding hydrogens is 132 g/mol. The lowest BCUT2D eigenvalue weighted by molar-refractivity contribution is 0.811. The molecule has 0 fully saturated rings. The molecule has 0 bridgehead atoms. The maximum atomic E-state index is 2.34. The van der Waals surface area contributed by atoms with E-state index in [0.717, 1.165) is 6.42 Å². The smallest absolute Gasteiger partial charge is 0.0316 e. The molecule has 0 amide bonds. The molecule has 1 radical (unpaired) electrons. The lowest BCUT2D eigenvalue weighted by Crippen LogP contribution is -1.74. The van der Waals surface area contributed by atoms with Gasteiger partial charge >= 0.3 is 0 Å². The van der Waals surface area contributed by atoms with E-state index in [9.17, 15) is 0 Å². The molecule has 0 saturated carbocycles. The Morgan fingerprint density at radius 1 is 0.727 bits per heavy atom. The minimum absolute atomic E-state index is 1.12. The Bertz CT molecular complexity index is 143. The Hall–Kier alpha value is -0.780. The van der Waals surface area contributed by atoms with Gasteiger partial charge in [0.2, 0.25) is 0 Å². The van der Waals surface area contributed by atoms with Crippen molar-refractivity contribution in [1.29, 1.82) is 0 Å². The summed E-state index contributed by atoms with van der Waals surface area (Å²) in [5.74, 6) is 0. The molecule has 1 rings (SSSR count). The SMILES string of the molecule is [CH]1CC=CC=CC=CCCC1. The second-order valence-electron chi connectivity index (χ2n) is 2.70. The van der Waals surface area contributed by atoms with Crippen molar-refractivity contribution in [2.75, 3.05) is 0 Å². The van der Waals surface area contributed by atoms with Gasteiger partial charge in [-0.2, -0.15) is 0 Å². The average Bonchev–Trinajstić information content (AvgIpc) is 2.08. The third-order valence-electron chi connectivity index (χ3n) is 1.69. The summed E-state index contributed by atoms with van der Waals surface area (Å²) in [6, 6.07) is 0. The van der Waals surface area contributed by atoms with Crippen LogP contribution in [0.1, 0.15) is 25.7 Å². The Morgan fingerprint density at radius 2 is 1.55 bits per heavy atom. The Morgan fingerprint density at radius 3 is 2.45 bits per heavy atom. The second kappa shape index (κ2) is 5.96. The topological polar surface area (TPSA) is 0 Å². The Balaban J connectivity index is 2.36. The zero-order valence-corrected chi connectivity index (χ0v) is 6.87. The maximum absolute atomic E-state index is 2.34. The number of hydrogen-bond acceptors (Lipinski definition) is 0. The molecular formula is C11H15. The van der Waals surface area contributed by atoms with Crippen LogP contribution in [0.4, 0.5) is 0 Å². The van der Waals surface area contributed by atoms with Crippen LogP contribution in [0.25, 0.3) is 0 Å². The van der Waals surface area contributed by atoms with Crippen LogP contribution in [0.15, 0.2) is 36.5 Å². The average molecular weight is 147 g/mol. The van der Waals surface area contributed by atoms with Crippen LogP contribution in [0.5, 0.6) is 0 Å². The van der Waals surface area contributed by atoms with Gasteiger partial charge in [-0.05, 0) is 32.1 Å². The van der Waals surface area contributed by atoms with E-state index in [-0.39, 0.29) is 0 Å². The van der Waals surface area contributed by atoms with Gasteiger partial charge in [0.25, 0.3) is 0 Å². The molecule has 59 valence electrons. The fourth-order valence-electron chi connectivity index (χ4n) is 1.05. The molecule has 0 heterocycles. The summed E-state index contributed by atoms with van der Waals surface area (Å²) in [5.41, 5.74) is 0. The van der Waals surface area contributed by atoms with Crippen molar-refractivity contribution in [3.05, 3.63) is 42.9 Å². The molecule has 0 unspecified atom stereocenters. The van der Waals surface area contributed by atoms with E-state index in [1.165, 1.54) is 19.3 Å². The molecule has 0 heteroatoms. The van der Waals surface area contributed by atoms with Gasteiger partial charge in [-0.1, -0.05) is 36.5 Å². The van der Waals surface area contributed by atoms with Crippen molar-refractivity contribution in [3.8, 4) is 0 Å². The van der Waals surface area contributed by atoms with Crippen molar-refractivity contribution >= 4 is 0 Å². The fraction of sp³-hybridized carbons (Fsp3) is 0.364. The monoisotopic (exact) mass is 147 g/mol. The van der Waals surface area contributed by atoms with E-state index < -0.39 is 0 Å². The summed E-state index contributed by atoms with van der Waals surface area (Å²) in [4.78, 5) is 0. The zero-order chi connectivity index (χ0) is 7.78. The van der Waals surface area contributed by atoms with Crippen molar-refractivity contribution < 1.29 is 0 Å². The van der Waals surface area contributed by atoms with Gasteiger partial charge in [0, 0.05) is 0 Å². The van der Waals surface area contributed by atoms with Gasteiger partial charge in [0.15, 0.2) is 0 Å². The number of allylic oxidation sites excluding steroid dienone is 6. The van der Waals surface area contributed by atoms with Crippen LogP contribution >= 0.6 is 0 Å². The minimum Gasteiger partial charge on any atom is -0.0845 e. The number of hydrogen-bond donors (Lipinski definition) is 0. The highest BCUT2D eigenvalue weighted by Crippen LogP contribution is 2.04. The largest absolute Gasteiger partial charge is 0.0845 e. The first-order chi connectivity index (χ1) is 5.50. The third-order valence-corrected chi connectivity index (χ3v) is 1.69. The molecule has 0 aliphatic heterocycles. The second-order valence-corrected chi connectivity index (χ2v) is 2.70. The lowest BCUT2D eigenvalue weighted by Gasteiger charge is -1.92. The third kappa shape index (κ3) is 4.60. The Kier molecular flexibility index (Phi) is 4.51. The van der Waals surface area contributed by atoms with Crippen molar-refractivity contribution in [3.63, 3.8) is 0 Å². The summed E-state index contributed by atoms with van der Waals surface area (Å²) < 4.78 is 0. The van der Waals surface area contributed by atoms with Crippen LogP contribution < -0.4 is 0 Å². The number of rotatable bonds is 0. The van der Waals surface area contributed by atoms with E-state index in [0.29, 0.717) is 0 Å². The van der Waals surface area contributed by atoms with E-state index >= 15 is 0 Å². The quantitative estimate of drug-likeness (QED) is 0.492. The first-order valence-corrected chi connectivity index (χ1v) is 4.30. The minimum atomic E-state index is 1.12. The molecule has 0 aromatic heterocycles. The van der Waals surface area contributed by atoms with Crippen LogP contribution in [0.2, 0.25) is 0 Å². The Labute approximate surface area is 69.3 Å². The first kappa shape index (κ1) is 8.32. The van der Waals surface area contributed by atoms with Crippen molar-refractivity contribution in [2.24, 2.45) is 0 Å². The van der Waals surface area contributed by atoms with E-state index in [2.05, 4.69) is 42.9 Å². The molecule has 11 heavy (non-hydrogen) atoms. The molecule has 1 aliphatic rings. The highest BCUT2D eigenvalue weighted by atomic mass is 13.9. The van der Waals surface area contributed by atoms with Crippen molar-refractivity contribution in [1.82, 2.24) is 0 Å². The molecule has 1 aliphatic carbocycles. The van der Waals surface area contributed by atoms with Crippen LogP contribution in [-0.2, 0) is 0 Å². The zero-order valence-electron chi connectivity index (χ0n) is 6.87. The highest BCUT2D eigenvalue weighted by Gasteiger charge is 1.85. The van der Waals surface area contributed by atoms with Gasteiger partial charge in [-0.3, -0.25) is 0 Å². The van der Waals surface area contributed by atoms with E-state index in [1.54, 1.807) is 0 Å². The summed E-state index contributed by atoms with van der Waals surface area (Å²) in [6.45, 7) is 0. The summed E-state index contributed by atoms with van der Waals surface area (Å²) >= 11 is 0.